The Bertz CT molecular complexity index is 840. The van der Waals surface area contributed by atoms with Crippen LogP contribution in [0, 0.1) is 0 Å². The SMILES string of the molecule is CCCCCCCCCC(=O)OCCCCCCCN(CCCCCCCC(=O)OC(CCCCCCCC)CCCCCCCC)CCCNC(=O)COC. The van der Waals surface area contributed by atoms with Crippen LogP contribution >= 0.6 is 0 Å². The lowest BCUT2D eigenvalue weighted by Gasteiger charge is -2.22. The van der Waals surface area contributed by atoms with E-state index in [1.165, 1.54) is 122 Å². The zero-order chi connectivity index (χ0) is 41.0. The lowest BCUT2D eigenvalue weighted by molar-refractivity contribution is -0.150. The molecule has 1 N–H and O–H groups in total. The number of rotatable bonds is 45. The highest BCUT2D eigenvalue weighted by molar-refractivity contribution is 5.77. The monoisotopic (exact) mass is 795 g/mol. The topological polar surface area (TPSA) is 94.2 Å². The molecule has 0 saturated heterocycles. The van der Waals surface area contributed by atoms with Crippen molar-refractivity contribution in [1.82, 2.24) is 10.2 Å². The highest BCUT2D eigenvalue weighted by Gasteiger charge is 2.14. The van der Waals surface area contributed by atoms with Gasteiger partial charge in [0.1, 0.15) is 12.7 Å². The molecule has 56 heavy (non-hydrogen) atoms. The Kier molecular flexibility index (Phi) is 43.1. The standard InChI is InChI=1S/C48H94N2O6/c1-5-8-11-14-17-22-29-37-47(52)55-43-33-26-19-25-32-41-50(42-34-39-49-46(51)44-54-4)40-31-24-18-23-30-38-48(53)56-45(35-27-20-15-12-9-6-2)36-28-21-16-13-10-7-3/h45H,5-44H2,1-4H3,(H,49,51). The summed E-state index contributed by atoms with van der Waals surface area (Å²) in [6.45, 7) is 11.2. The molecule has 1 amide bonds. The van der Waals surface area contributed by atoms with E-state index in [0.29, 0.717) is 26.0 Å². The van der Waals surface area contributed by atoms with Gasteiger partial charge < -0.3 is 24.4 Å². The number of hydrogen-bond acceptors (Lipinski definition) is 7. The number of nitrogens with one attached hydrogen (secondary N) is 1. The van der Waals surface area contributed by atoms with Crippen molar-refractivity contribution >= 4 is 17.8 Å². The number of carbonyl (C=O) groups is 3. The molecule has 8 nitrogen and oxygen atoms in total. The fourth-order valence-electron chi connectivity index (χ4n) is 7.45. The number of esters is 2. The van der Waals surface area contributed by atoms with Crippen molar-refractivity contribution in [2.24, 2.45) is 0 Å². The summed E-state index contributed by atoms with van der Waals surface area (Å²) >= 11 is 0. The van der Waals surface area contributed by atoms with Crippen molar-refractivity contribution in [3.63, 3.8) is 0 Å². The van der Waals surface area contributed by atoms with Crippen molar-refractivity contribution < 1.29 is 28.6 Å². The molecular weight excluding hydrogens is 701 g/mol. The average Bonchev–Trinajstić information content (AvgIpc) is 3.18. The lowest BCUT2D eigenvalue weighted by atomic mass is 10.0. The maximum absolute atomic E-state index is 12.8. The van der Waals surface area contributed by atoms with E-state index in [1.807, 2.05) is 0 Å². The van der Waals surface area contributed by atoms with E-state index >= 15 is 0 Å². The first-order chi connectivity index (χ1) is 27.5. The Labute approximate surface area is 347 Å². The van der Waals surface area contributed by atoms with Gasteiger partial charge in [0.25, 0.3) is 0 Å². The molecule has 0 heterocycles. The zero-order valence-corrected chi connectivity index (χ0v) is 37.8. The van der Waals surface area contributed by atoms with Crippen LogP contribution in [-0.4, -0.2) is 75.4 Å². The molecule has 332 valence electrons. The number of hydrogen-bond donors (Lipinski definition) is 1. The average molecular weight is 795 g/mol. The highest BCUT2D eigenvalue weighted by Crippen LogP contribution is 2.18. The molecule has 0 spiro atoms. The van der Waals surface area contributed by atoms with Gasteiger partial charge in [0, 0.05) is 26.5 Å². The maximum Gasteiger partial charge on any atom is 0.306 e. The fourth-order valence-corrected chi connectivity index (χ4v) is 7.45. The Hall–Kier alpha value is -1.67. The predicted molar refractivity (Wildman–Crippen MR) is 236 cm³/mol. The van der Waals surface area contributed by atoms with Crippen molar-refractivity contribution in [2.45, 2.75) is 245 Å². The summed E-state index contributed by atoms with van der Waals surface area (Å²) in [4.78, 5) is 39.2. The van der Waals surface area contributed by atoms with E-state index < -0.39 is 0 Å². The summed E-state index contributed by atoms with van der Waals surface area (Å²) in [5.41, 5.74) is 0. The Balaban J connectivity index is 4.33. The number of amides is 1. The van der Waals surface area contributed by atoms with E-state index in [2.05, 4.69) is 31.0 Å². The van der Waals surface area contributed by atoms with Crippen molar-refractivity contribution in [2.75, 3.05) is 46.5 Å². The molecule has 0 aromatic heterocycles. The first kappa shape index (κ1) is 54.3. The maximum atomic E-state index is 12.8. The van der Waals surface area contributed by atoms with Crippen molar-refractivity contribution in [1.29, 1.82) is 0 Å². The number of carbonyl (C=O) groups excluding carboxylic acids is 3. The summed E-state index contributed by atoms with van der Waals surface area (Å²) in [6.07, 6.45) is 39.1. The van der Waals surface area contributed by atoms with E-state index in [1.54, 1.807) is 7.11 Å². The van der Waals surface area contributed by atoms with Crippen LogP contribution in [0.25, 0.3) is 0 Å². The Morgan fingerprint density at radius 1 is 0.482 bits per heavy atom. The molecule has 0 atom stereocenters. The number of unbranched alkanes of at least 4 members (excludes halogenated alkanes) is 24. The van der Waals surface area contributed by atoms with Crippen LogP contribution in [0.1, 0.15) is 239 Å². The quantitative estimate of drug-likeness (QED) is 0.0484. The molecule has 0 rings (SSSR count). The lowest BCUT2D eigenvalue weighted by Crippen LogP contribution is -2.32. The van der Waals surface area contributed by atoms with Crippen LogP contribution < -0.4 is 5.32 Å². The van der Waals surface area contributed by atoms with Gasteiger partial charge in [0.15, 0.2) is 0 Å². The van der Waals surface area contributed by atoms with Crippen molar-refractivity contribution in [3.8, 4) is 0 Å². The van der Waals surface area contributed by atoms with Crippen molar-refractivity contribution in [3.05, 3.63) is 0 Å². The first-order valence-corrected chi connectivity index (χ1v) is 24.3. The van der Waals surface area contributed by atoms with Crippen LogP contribution in [0.15, 0.2) is 0 Å². The van der Waals surface area contributed by atoms with Gasteiger partial charge >= 0.3 is 11.9 Å². The van der Waals surface area contributed by atoms with Gasteiger partial charge in [0.2, 0.25) is 5.91 Å². The third-order valence-electron chi connectivity index (χ3n) is 11.0. The van der Waals surface area contributed by atoms with Gasteiger partial charge in [-0.25, -0.2) is 0 Å². The molecule has 0 fully saturated rings. The third kappa shape index (κ3) is 40.5. The summed E-state index contributed by atoms with van der Waals surface area (Å²) < 4.78 is 16.5. The second-order valence-electron chi connectivity index (χ2n) is 16.6. The molecule has 0 aliphatic carbocycles. The number of nitrogens with zero attached hydrogens (tertiary/aromatic N) is 1. The van der Waals surface area contributed by atoms with Crippen LogP contribution in [0.5, 0.6) is 0 Å². The molecule has 0 bridgehead atoms. The second-order valence-corrected chi connectivity index (χ2v) is 16.6. The molecule has 0 aromatic carbocycles. The first-order valence-electron chi connectivity index (χ1n) is 24.3. The Morgan fingerprint density at radius 3 is 1.39 bits per heavy atom. The molecular formula is C48H94N2O6. The molecule has 0 aromatic rings. The van der Waals surface area contributed by atoms with Crippen LogP contribution in [0.4, 0.5) is 0 Å². The van der Waals surface area contributed by atoms with Gasteiger partial charge in [-0.05, 0) is 83.8 Å². The largest absolute Gasteiger partial charge is 0.466 e. The van der Waals surface area contributed by atoms with Gasteiger partial charge in [-0.2, -0.15) is 0 Å². The zero-order valence-electron chi connectivity index (χ0n) is 37.8. The highest BCUT2D eigenvalue weighted by atomic mass is 16.5. The number of methoxy groups -OCH3 is 1. The molecule has 0 radical (unpaired) electrons. The van der Waals surface area contributed by atoms with Gasteiger partial charge in [0.05, 0.1) is 6.61 Å². The summed E-state index contributed by atoms with van der Waals surface area (Å²) in [5, 5.41) is 2.95. The van der Waals surface area contributed by atoms with Crippen LogP contribution in [-0.2, 0) is 28.6 Å². The minimum Gasteiger partial charge on any atom is -0.466 e. The smallest absolute Gasteiger partial charge is 0.306 e. The fraction of sp³-hybridized carbons (Fsp3) is 0.938. The normalized spacial score (nSPS) is 11.5. The van der Waals surface area contributed by atoms with Crippen LogP contribution in [0.3, 0.4) is 0 Å². The minimum atomic E-state index is -0.0578. The van der Waals surface area contributed by atoms with Gasteiger partial charge in [-0.1, -0.05) is 162 Å². The second kappa shape index (κ2) is 44.4. The van der Waals surface area contributed by atoms with Gasteiger partial charge in [-0.3, -0.25) is 14.4 Å². The molecule has 0 saturated carbocycles. The summed E-state index contributed by atoms with van der Waals surface area (Å²) in [7, 11) is 1.54. The molecule has 8 heteroatoms. The summed E-state index contributed by atoms with van der Waals surface area (Å²) in [5.74, 6) is -0.0791. The molecule has 0 aliphatic heterocycles. The Morgan fingerprint density at radius 2 is 0.893 bits per heavy atom. The van der Waals surface area contributed by atoms with E-state index in [0.717, 1.165) is 103 Å². The third-order valence-corrected chi connectivity index (χ3v) is 11.0. The van der Waals surface area contributed by atoms with E-state index in [4.69, 9.17) is 14.2 Å². The van der Waals surface area contributed by atoms with Crippen LogP contribution in [0.2, 0.25) is 0 Å². The molecule has 0 unspecified atom stereocenters. The molecule has 0 aliphatic rings. The minimum absolute atomic E-state index is 0.00977. The van der Waals surface area contributed by atoms with Gasteiger partial charge in [-0.15, -0.1) is 0 Å². The predicted octanol–water partition coefficient (Wildman–Crippen LogP) is 12.8. The number of ether oxygens (including phenoxy) is 3. The summed E-state index contributed by atoms with van der Waals surface area (Å²) in [6, 6.07) is 0. The van der Waals surface area contributed by atoms with E-state index in [9.17, 15) is 14.4 Å². The van der Waals surface area contributed by atoms with E-state index in [-0.39, 0.29) is 30.6 Å².